The molecule has 0 aliphatic carbocycles. The van der Waals surface area contributed by atoms with Crippen LogP contribution < -0.4 is 5.32 Å². The molecule has 0 amide bonds. The summed E-state index contributed by atoms with van der Waals surface area (Å²) in [6.07, 6.45) is 1.87. The Morgan fingerprint density at radius 2 is 2.12 bits per heavy atom. The van der Waals surface area contributed by atoms with Crippen molar-refractivity contribution in [1.82, 2.24) is 10.3 Å². The molecule has 0 radical (unpaired) electrons. The molecule has 0 spiro atoms. The quantitative estimate of drug-likeness (QED) is 0.831. The Morgan fingerprint density at radius 1 is 1.29 bits per heavy atom. The predicted molar refractivity (Wildman–Crippen MR) is 68.2 cm³/mol. The Balaban J connectivity index is 2.23. The molecule has 2 nitrogen and oxygen atoms in total. The molecule has 0 fully saturated rings. The van der Waals surface area contributed by atoms with Gasteiger partial charge in [-0.1, -0.05) is 13.8 Å². The second kappa shape index (κ2) is 5.15. The van der Waals surface area contributed by atoms with E-state index in [2.05, 4.69) is 10.3 Å². The van der Waals surface area contributed by atoms with Gasteiger partial charge in [-0.15, -0.1) is 0 Å². The Morgan fingerprint density at radius 3 is 2.76 bits per heavy atom. The second-order valence-corrected chi connectivity index (χ2v) is 4.43. The second-order valence-electron chi connectivity index (χ2n) is 4.43. The summed E-state index contributed by atoms with van der Waals surface area (Å²) in [6, 6.07) is 9.46. The van der Waals surface area contributed by atoms with Gasteiger partial charge in [-0.05, 0) is 35.9 Å². The molecular weight excluding hydrogens is 215 g/mol. The summed E-state index contributed by atoms with van der Waals surface area (Å²) >= 11 is 0. The molecule has 0 bridgehead atoms. The first-order valence-electron chi connectivity index (χ1n) is 5.82. The zero-order chi connectivity index (χ0) is 12.3. The van der Waals surface area contributed by atoms with Crippen LogP contribution in [0.25, 0.3) is 11.3 Å². The van der Waals surface area contributed by atoms with Gasteiger partial charge in [-0.25, -0.2) is 4.39 Å². The number of hydrogen-bond acceptors (Lipinski definition) is 1. The zero-order valence-corrected chi connectivity index (χ0v) is 10.1. The summed E-state index contributed by atoms with van der Waals surface area (Å²) in [5, 5.41) is 3.22. The third-order valence-electron chi connectivity index (χ3n) is 2.66. The van der Waals surface area contributed by atoms with Crippen molar-refractivity contribution in [1.29, 1.82) is 0 Å². The lowest BCUT2D eigenvalue weighted by Crippen LogP contribution is -2.22. The molecule has 2 rings (SSSR count). The number of benzene rings is 1. The van der Waals surface area contributed by atoms with Crippen LogP contribution in [-0.4, -0.2) is 11.0 Å². The van der Waals surface area contributed by atoms with E-state index in [1.807, 2.05) is 38.2 Å². The lowest BCUT2D eigenvalue weighted by Gasteiger charge is -2.10. The van der Waals surface area contributed by atoms with Gasteiger partial charge in [-0.2, -0.15) is 0 Å². The lowest BCUT2D eigenvalue weighted by atomic mass is 10.1. The molecule has 1 aromatic carbocycles. The molecule has 3 heteroatoms. The molecule has 1 heterocycles. The Labute approximate surface area is 101 Å². The molecule has 17 heavy (non-hydrogen) atoms. The maximum atomic E-state index is 13.6. The molecule has 0 atom stereocenters. The molecule has 1 aromatic heterocycles. The third-order valence-corrected chi connectivity index (χ3v) is 2.66. The minimum atomic E-state index is -0.159. The molecule has 2 N–H and O–H groups in total. The monoisotopic (exact) mass is 232 g/mol. The van der Waals surface area contributed by atoms with Crippen LogP contribution in [0.1, 0.15) is 19.4 Å². The van der Waals surface area contributed by atoms with Crippen molar-refractivity contribution in [2.75, 3.05) is 0 Å². The summed E-state index contributed by atoms with van der Waals surface area (Å²) < 4.78 is 13.6. The van der Waals surface area contributed by atoms with Gasteiger partial charge in [0, 0.05) is 30.0 Å². The average molecular weight is 232 g/mol. The summed E-state index contributed by atoms with van der Waals surface area (Å²) in [7, 11) is 0. The van der Waals surface area contributed by atoms with Gasteiger partial charge in [0.2, 0.25) is 0 Å². The van der Waals surface area contributed by atoms with E-state index in [9.17, 15) is 4.39 Å². The fraction of sp³-hybridized carbons (Fsp3) is 0.286. The highest BCUT2D eigenvalue weighted by Crippen LogP contribution is 2.20. The van der Waals surface area contributed by atoms with Crippen LogP contribution in [0.4, 0.5) is 4.39 Å². The van der Waals surface area contributed by atoms with Crippen molar-refractivity contribution >= 4 is 0 Å². The maximum Gasteiger partial charge on any atom is 0.127 e. The van der Waals surface area contributed by atoms with Crippen LogP contribution >= 0.6 is 0 Å². The fourth-order valence-electron chi connectivity index (χ4n) is 1.70. The molecule has 2 aromatic rings. The van der Waals surface area contributed by atoms with E-state index in [-0.39, 0.29) is 5.82 Å². The molecule has 0 saturated carbocycles. The normalized spacial score (nSPS) is 11.1. The van der Waals surface area contributed by atoms with Crippen LogP contribution in [0.3, 0.4) is 0 Å². The van der Waals surface area contributed by atoms with E-state index < -0.39 is 0 Å². The van der Waals surface area contributed by atoms with Gasteiger partial charge in [-0.3, -0.25) is 0 Å². The lowest BCUT2D eigenvalue weighted by molar-refractivity contribution is 0.553. The predicted octanol–water partition coefficient (Wildman–Crippen LogP) is 3.32. The van der Waals surface area contributed by atoms with Gasteiger partial charge in [0.1, 0.15) is 5.82 Å². The van der Waals surface area contributed by atoms with Crippen molar-refractivity contribution in [3.05, 3.63) is 47.9 Å². The van der Waals surface area contributed by atoms with E-state index in [1.54, 1.807) is 6.07 Å². The van der Waals surface area contributed by atoms with E-state index >= 15 is 0 Å². The van der Waals surface area contributed by atoms with Gasteiger partial charge in [0.15, 0.2) is 0 Å². The topological polar surface area (TPSA) is 27.8 Å². The van der Waals surface area contributed by atoms with Gasteiger partial charge in [0.25, 0.3) is 0 Å². The van der Waals surface area contributed by atoms with Crippen LogP contribution in [0.15, 0.2) is 36.5 Å². The smallest absolute Gasteiger partial charge is 0.127 e. The zero-order valence-electron chi connectivity index (χ0n) is 10.1. The number of nitrogens with one attached hydrogen (secondary N) is 2. The SMILES string of the molecule is CC(C)NCc1cc(-c2ccc[nH]2)ccc1F. The van der Waals surface area contributed by atoms with Crippen molar-refractivity contribution in [2.24, 2.45) is 0 Å². The molecule has 90 valence electrons. The van der Waals surface area contributed by atoms with Crippen LogP contribution in [-0.2, 0) is 6.54 Å². The molecule has 0 aliphatic rings. The standard InChI is InChI=1S/C14H17FN2/c1-10(2)17-9-12-8-11(5-6-13(12)15)14-4-3-7-16-14/h3-8,10,16-17H,9H2,1-2H3. The Bertz CT molecular complexity index is 475. The Hall–Kier alpha value is -1.61. The number of rotatable bonds is 4. The van der Waals surface area contributed by atoms with Gasteiger partial charge < -0.3 is 10.3 Å². The summed E-state index contributed by atoms with van der Waals surface area (Å²) in [5.74, 6) is -0.159. The number of halogens is 1. The number of H-pyrrole nitrogens is 1. The van der Waals surface area contributed by atoms with Gasteiger partial charge >= 0.3 is 0 Å². The minimum Gasteiger partial charge on any atom is -0.361 e. The van der Waals surface area contributed by atoms with Gasteiger partial charge in [0.05, 0.1) is 0 Å². The van der Waals surface area contributed by atoms with E-state index in [1.165, 1.54) is 6.07 Å². The van der Waals surface area contributed by atoms with Crippen molar-refractivity contribution in [3.8, 4) is 11.3 Å². The summed E-state index contributed by atoms with van der Waals surface area (Å²) in [4.78, 5) is 3.12. The van der Waals surface area contributed by atoms with Crippen LogP contribution in [0.5, 0.6) is 0 Å². The molecule has 0 aliphatic heterocycles. The van der Waals surface area contributed by atoms with E-state index in [4.69, 9.17) is 0 Å². The largest absolute Gasteiger partial charge is 0.361 e. The maximum absolute atomic E-state index is 13.6. The summed E-state index contributed by atoms with van der Waals surface area (Å²) in [5.41, 5.74) is 2.72. The Kier molecular flexibility index (Phi) is 3.59. The fourth-order valence-corrected chi connectivity index (χ4v) is 1.70. The first kappa shape index (κ1) is 11.9. The minimum absolute atomic E-state index is 0.159. The summed E-state index contributed by atoms with van der Waals surface area (Å²) in [6.45, 7) is 4.65. The number of hydrogen-bond donors (Lipinski definition) is 2. The van der Waals surface area contributed by atoms with Crippen molar-refractivity contribution in [2.45, 2.75) is 26.4 Å². The molecule has 0 saturated heterocycles. The van der Waals surface area contributed by atoms with Crippen LogP contribution in [0, 0.1) is 5.82 Å². The highest BCUT2D eigenvalue weighted by atomic mass is 19.1. The molecule has 0 unspecified atom stereocenters. The number of aromatic nitrogens is 1. The first-order chi connectivity index (χ1) is 8.16. The highest BCUT2D eigenvalue weighted by molar-refractivity contribution is 5.60. The van der Waals surface area contributed by atoms with Crippen molar-refractivity contribution < 1.29 is 4.39 Å². The molecular formula is C14H17FN2. The first-order valence-corrected chi connectivity index (χ1v) is 5.82. The van der Waals surface area contributed by atoms with Crippen LogP contribution in [0.2, 0.25) is 0 Å². The third kappa shape index (κ3) is 2.94. The van der Waals surface area contributed by atoms with E-state index in [0.29, 0.717) is 18.2 Å². The van der Waals surface area contributed by atoms with E-state index in [0.717, 1.165) is 11.3 Å². The van der Waals surface area contributed by atoms with Crippen molar-refractivity contribution in [3.63, 3.8) is 0 Å². The highest BCUT2D eigenvalue weighted by Gasteiger charge is 2.06. The average Bonchev–Trinajstić information content (AvgIpc) is 2.81. The number of aromatic amines is 1.